The molecule has 0 saturated carbocycles. The molecule has 174 valence electrons. The van der Waals surface area contributed by atoms with E-state index in [1.54, 1.807) is 0 Å². The van der Waals surface area contributed by atoms with Crippen molar-refractivity contribution in [3.05, 3.63) is 87.8 Å². The summed E-state index contributed by atoms with van der Waals surface area (Å²) in [6, 6.07) is 12.7. The summed E-state index contributed by atoms with van der Waals surface area (Å²) in [6.07, 6.45) is 1.94. The lowest BCUT2D eigenvalue weighted by Crippen LogP contribution is -1.95. The molecule has 0 saturated heterocycles. The highest BCUT2D eigenvalue weighted by molar-refractivity contribution is 5.22. The highest BCUT2D eigenvalue weighted by Crippen LogP contribution is 2.14. The molecular formula is C29H43N3. The number of hydrogen-bond acceptors (Lipinski definition) is 3. The number of rotatable bonds is 3. The Bertz CT molecular complexity index is 934. The minimum absolute atomic E-state index is 0.536. The fraction of sp³-hybridized carbons (Fsp3) is 0.483. The van der Waals surface area contributed by atoms with E-state index < -0.39 is 0 Å². The summed E-state index contributed by atoms with van der Waals surface area (Å²) >= 11 is 0. The molecule has 0 aliphatic carbocycles. The van der Waals surface area contributed by atoms with Crippen molar-refractivity contribution >= 4 is 0 Å². The predicted molar refractivity (Wildman–Crippen MR) is 139 cm³/mol. The molecule has 0 aliphatic rings. The van der Waals surface area contributed by atoms with Crippen molar-refractivity contribution in [2.24, 2.45) is 0 Å². The molecule has 3 nitrogen and oxygen atoms in total. The molecular weight excluding hydrogens is 390 g/mol. The van der Waals surface area contributed by atoms with Crippen LogP contribution in [0.1, 0.15) is 104 Å². The molecule has 3 aromatic heterocycles. The maximum absolute atomic E-state index is 4.47. The molecule has 3 rings (SSSR count). The van der Waals surface area contributed by atoms with Gasteiger partial charge in [0.2, 0.25) is 0 Å². The Morgan fingerprint density at radius 2 is 1.22 bits per heavy atom. The van der Waals surface area contributed by atoms with E-state index >= 15 is 0 Å². The van der Waals surface area contributed by atoms with Gasteiger partial charge in [-0.15, -0.1) is 0 Å². The number of aryl methyl sites for hydroxylation is 5. The maximum atomic E-state index is 4.47. The third-order valence-corrected chi connectivity index (χ3v) is 5.27. The Morgan fingerprint density at radius 3 is 1.66 bits per heavy atom. The van der Waals surface area contributed by atoms with Crippen LogP contribution in [0.2, 0.25) is 0 Å². The van der Waals surface area contributed by atoms with Crippen LogP contribution in [0.25, 0.3) is 0 Å². The van der Waals surface area contributed by atoms with Gasteiger partial charge in [-0.2, -0.15) is 0 Å². The average Bonchev–Trinajstić information content (AvgIpc) is 2.70. The zero-order valence-corrected chi connectivity index (χ0v) is 22.1. The summed E-state index contributed by atoms with van der Waals surface area (Å²) in [5, 5.41) is 0. The van der Waals surface area contributed by atoms with Crippen LogP contribution in [-0.4, -0.2) is 15.0 Å². The van der Waals surface area contributed by atoms with Gasteiger partial charge < -0.3 is 0 Å². The van der Waals surface area contributed by atoms with E-state index in [-0.39, 0.29) is 0 Å². The van der Waals surface area contributed by atoms with Gasteiger partial charge in [-0.05, 0) is 93.3 Å². The molecule has 0 N–H and O–H groups in total. The molecule has 0 radical (unpaired) electrons. The summed E-state index contributed by atoms with van der Waals surface area (Å²) in [5.41, 5.74) is 9.63. The summed E-state index contributed by atoms with van der Waals surface area (Å²) in [5.74, 6) is 1.66. The SMILES string of the molecule is Cc1cc(C)nc(C(C)C)c1.Cc1ccc(C(C)C)cn1.Cc1ccc(C(C)C)nc1C. The van der Waals surface area contributed by atoms with Crippen molar-refractivity contribution in [1.82, 2.24) is 15.0 Å². The van der Waals surface area contributed by atoms with E-state index in [2.05, 4.69) is 114 Å². The van der Waals surface area contributed by atoms with E-state index in [0.717, 1.165) is 17.1 Å². The fourth-order valence-corrected chi connectivity index (χ4v) is 2.96. The number of hydrogen-bond donors (Lipinski definition) is 0. The average molecular weight is 434 g/mol. The highest BCUT2D eigenvalue weighted by Gasteiger charge is 2.02. The van der Waals surface area contributed by atoms with Gasteiger partial charge in [0.15, 0.2) is 0 Å². The summed E-state index contributed by atoms with van der Waals surface area (Å²) in [7, 11) is 0. The van der Waals surface area contributed by atoms with E-state index in [4.69, 9.17) is 0 Å². The molecule has 3 aromatic rings. The lowest BCUT2D eigenvalue weighted by Gasteiger charge is -2.06. The highest BCUT2D eigenvalue weighted by atomic mass is 14.7. The number of nitrogens with zero attached hydrogens (tertiary/aromatic N) is 3. The first-order valence-corrected chi connectivity index (χ1v) is 11.7. The van der Waals surface area contributed by atoms with Crippen LogP contribution in [0.3, 0.4) is 0 Å². The van der Waals surface area contributed by atoms with Crippen LogP contribution in [0.5, 0.6) is 0 Å². The molecule has 0 aliphatic heterocycles. The van der Waals surface area contributed by atoms with Crippen molar-refractivity contribution in [3.63, 3.8) is 0 Å². The minimum atomic E-state index is 0.536. The van der Waals surface area contributed by atoms with Gasteiger partial charge in [-0.1, -0.05) is 53.7 Å². The minimum Gasteiger partial charge on any atom is -0.261 e. The largest absolute Gasteiger partial charge is 0.261 e. The van der Waals surface area contributed by atoms with E-state index in [0.29, 0.717) is 17.8 Å². The van der Waals surface area contributed by atoms with E-state index in [9.17, 15) is 0 Å². The molecule has 0 aromatic carbocycles. The normalized spacial score (nSPS) is 10.6. The van der Waals surface area contributed by atoms with Crippen LogP contribution in [0.15, 0.2) is 42.6 Å². The van der Waals surface area contributed by atoms with Gasteiger partial charge in [-0.3, -0.25) is 15.0 Å². The predicted octanol–water partition coefficient (Wildman–Crippen LogP) is 8.16. The first-order valence-electron chi connectivity index (χ1n) is 11.7. The first-order chi connectivity index (χ1) is 14.9. The third-order valence-electron chi connectivity index (χ3n) is 5.27. The molecule has 3 heterocycles. The maximum Gasteiger partial charge on any atom is 0.0434 e. The van der Waals surface area contributed by atoms with Gasteiger partial charge in [0, 0.05) is 34.7 Å². The van der Waals surface area contributed by atoms with E-state index in [1.165, 1.54) is 28.1 Å². The summed E-state index contributed by atoms with van der Waals surface area (Å²) < 4.78 is 0. The van der Waals surface area contributed by atoms with Gasteiger partial charge in [0.05, 0.1) is 0 Å². The molecule has 0 unspecified atom stereocenters. The van der Waals surface area contributed by atoms with Crippen molar-refractivity contribution in [1.29, 1.82) is 0 Å². The lowest BCUT2D eigenvalue weighted by atomic mass is 10.1. The van der Waals surface area contributed by atoms with Gasteiger partial charge in [0.1, 0.15) is 0 Å². The van der Waals surface area contributed by atoms with Gasteiger partial charge >= 0.3 is 0 Å². The van der Waals surface area contributed by atoms with Crippen LogP contribution in [0, 0.1) is 34.6 Å². The third kappa shape index (κ3) is 9.72. The van der Waals surface area contributed by atoms with Gasteiger partial charge in [-0.25, -0.2) is 0 Å². The topological polar surface area (TPSA) is 38.7 Å². The molecule has 0 fully saturated rings. The van der Waals surface area contributed by atoms with Crippen molar-refractivity contribution in [2.45, 2.75) is 93.9 Å². The van der Waals surface area contributed by atoms with Crippen molar-refractivity contribution in [2.75, 3.05) is 0 Å². The zero-order chi connectivity index (χ0) is 24.4. The Hall–Kier alpha value is -2.55. The standard InChI is InChI=1S/2C10H15N.C9H13N/c1-7(2)10-6-8(3)5-9(4)11-10;1-7(2)10-6-5-8(3)9(4)11-10;1-7(2)9-5-4-8(3)10-6-9/h2*5-7H,1-4H3;4-7H,1-3H3. The second kappa shape index (κ2) is 13.1. The fourth-order valence-electron chi connectivity index (χ4n) is 2.96. The zero-order valence-electron chi connectivity index (χ0n) is 22.1. The molecule has 3 heteroatoms. The first kappa shape index (κ1) is 27.5. The number of aromatic nitrogens is 3. The molecule has 0 atom stereocenters. The smallest absolute Gasteiger partial charge is 0.0434 e. The van der Waals surface area contributed by atoms with Gasteiger partial charge in [0.25, 0.3) is 0 Å². The summed E-state index contributed by atoms with van der Waals surface area (Å²) in [6.45, 7) is 23.3. The Morgan fingerprint density at radius 1 is 0.594 bits per heavy atom. The molecule has 32 heavy (non-hydrogen) atoms. The second-order valence-electron chi connectivity index (χ2n) is 9.55. The van der Waals surface area contributed by atoms with E-state index in [1.807, 2.05) is 20.0 Å². The number of pyridine rings is 3. The second-order valence-corrected chi connectivity index (χ2v) is 9.55. The van der Waals surface area contributed by atoms with Crippen LogP contribution in [0.4, 0.5) is 0 Å². The quantitative estimate of drug-likeness (QED) is 0.418. The van der Waals surface area contributed by atoms with Crippen LogP contribution in [-0.2, 0) is 0 Å². The Kier molecular flexibility index (Phi) is 11.3. The van der Waals surface area contributed by atoms with Crippen molar-refractivity contribution < 1.29 is 0 Å². The lowest BCUT2D eigenvalue weighted by molar-refractivity contribution is 0.813. The van der Waals surface area contributed by atoms with Crippen LogP contribution < -0.4 is 0 Å². The van der Waals surface area contributed by atoms with Crippen molar-refractivity contribution in [3.8, 4) is 0 Å². The monoisotopic (exact) mass is 433 g/mol. The molecule has 0 amide bonds. The Labute approximate surface area is 196 Å². The Balaban J connectivity index is 0.000000240. The summed E-state index contributed by atoms with van der Waals surface area (Å²) in [4.78, 5) is 13.1. The van der Waals surface area contributed by atoms with Crippen LogP contribution >= 0.6 is 0 Å². The molecule has 0 bridgehead atoms. The molecule has 0 spiro atoms.